The molecule has 0 fully saturated rings. The van der Waals surface area contributed by atoms with Gasteiger partial charge in [0, 0.05) is 22.1 Å². The minimum atomic E-state index is -0.595. The molecule has 7 aromatic carbocycles. The molecule has 10 nitrogen and oxygen atoms in total. The average molecular weight is 823 g/mol. The van der Waals surface area contributed by atoms with Crippen LogP contribution >= 0.6 is 46.4 Å². The average Bonchev–Trinajstić information content (AvgIpc) is 3.19. The van der Waals surface area contributed by atoms with Gasteiger partial charge in [0.2, 0.25) is 0 Å². The Balaban J connectivity index is 1.16. The van der Waals surface area contributed by atoms with Gasteiger partial charge >= 0.3 is 0 Å². The molecule has 0 bridgehead atoms. The number of aromatic hydroxyl groups is 2. The lowest BCUT2D eigenvalue weighted by atomic mass is 10.0. The number of carbonyl (C=O) groups excluding carboxylic acids is 2. The van der Waals surface area contributed by atoms with E-state index in [0.717, 1.165) is 0 Å². The van der Waals surface area contributed by atoms with Gasteiger partial charge in [-0.2, -0.15) is 10.2 Å². The van der Waals surface area contributed by atoms with Gasteiger partial charge < -0.3 is 20.8 Å². The van der Waals surface area contributed by atoms with E-state index in [-0.39, 0.29) is 34.0 Å². The molecule has 2 amide bonds. The summed E-state index contributed by atoms with van der Waals surface area (Å²) < 4.78 is 0. The van der Waals surface area contributed by atoms with E-state index in [0.29, 0.717) is 75.5 Å². The topological polar surface area (TPSA) is 148 Å². The third-order valence-electron chi connectivity index (χ3n) is 9.10. The van der Waals surface area contributed by atoms with Crippen molar-refractivity contribution in [1.29, 1.82) is 0 Å². The molecule has 278 valence electrons. The van der Waals surface area contributed by atoms with Crippen LogP contribution in [0.25, 0.3) is 21.5 Å². The Labute approximate surface area is 340 Å². The molecule has 7 aromatic rings. The molecule has 0 heterocycles. The van der Waals surface area contributed by atoms with E-state index in [4.69, 9.17) is 46.4 Å². The number of nitrogens with zero attached hydrogens (tertiary/aromatic N) is 4. The molecule has 0 radical (unpaired) electrons. The fourth-order valence-corrected chi connectivity index (χ4v) is 6.55. The van der Waals surface area contributed by atoms with Crippen LogP contribution in [-0.4, -0.2) is 22.0 Å². The van der Waals surface area contributed by atoms with Crippen LogP contribution in [0.1, 0.15) is 31.8 Å². The molecule has 0 atom stereocenters. The second kappa shape index (κ2) is 16.0. The lowest BCUT2D eigenvalue weighted by Gasteiger charge is -2.17. The number of hydrogen-bond acceptors (Lipinski definition) is 8. The second-order valence-corrected chi connectivity index (χ2v) is 14.2. The highest BCUT2D eigenvalue weighted by atomic mass is 35.5. The van der Waals surface area contributed by atoms with Crippen LogP contribution in [0.3, 0.4) is 0 Å². The highest BCUT2D eigenvalue weighted by molar-refractivity contribution is 6.42. The molecule has 0 saturated heterocycles. The summed E-state index contributed by atoms with van der Waals surface area (Å²) in [6, 6.07) is 30.2. The summed E-state index contributed by atoms with van der Waals surface area (Å²) in [5.41, 5.74) is 3.12. The summed E-state index contributed by atoms with van der Waals surface area (Å²) in [6.45, 7) is 3.57. The number of anilines is 2. The fraction of sp³-hybridized carbons (Fsp3) is 0.0476. The normalized spacial score (nSPS) is 11.5. The molecule has 56 heavy (non-hydrogen) atoms. The van der Waals surface area contributed by atoms with Crippen LogP contribution in [0.5, 0.6) is 11.5 Å². The van der Waals surface area contributed by atoms with Gasteiger partial charge in [-0.25, -0.2) is 0 Å². The highest BCUT2D eigenvalue weighted by Crippen LogP contribution is 2.42. The number of fused-ring (bicyclic) bond motifs is 2. The number of benzene rings is 7. The van der Waals surface area contributed by atoms with Crippen LogP contribution in [0.4, 0.5) is 34.1 Å². The third kappa shape index (κ3) is 7.73. The number of hydrogen-bond donors (Lipinski definition) is 4. The molecule has 0 aliphatic carbocycles. The van der Waals surface area contributed by atoms with Gasteiger partial charge in [-0.05, 0) is 96.4 Å². The van der Waals surface area contributed by atoms with Crippen molar-refractivity contribution in [2.24, 2.45) is 20.5 Å². The van der Waals surface area contributed by atoms with Gasteiger partial charge in [0.25, 0.3) is 11.8 Å². The standard InChI is InChI=1S/C42H28Cl4N6O4/c1-21-22(2)36(48-42(56)30-18-24-8-4-6-10-28(24)38(40(30)54)52-50-26-12-14-32(44)34(46)20-26)16-15-35(21)47-41(55)29-17-23-7-3-5-9-27(23)37(39(29)53)51-49-25-11-13-31(43)33(45)19-25/h3-20,53-54H,1-2H3,(H,47,55)(H,48,56). The van der Waals surface area contributed by atoms with Gasteiger partial charge in [0.05, 0.1) is 42.6 Å². The molecule has 0 aliphatic rings. The SMILES string of the molecule is Cc1c(NC(=O)c2cc3ccccc3c(N=Nc3ccc(Cl)c(Cl)c3)c2O)ccc(NC(=O)c2cc3ccccc3c(N=Nc3ccc(Cl)c(Cl)c3)c2O)c1C. The van der Waals surface area contributed by atoms with Crippen LogP contribution in [-0.2, 0) is 0 Å². The molecule has 0 spiro atoms. The first kappa shape index (κ1) is 38.2. The summed E-state index contributed by atoms with van der Waals surface area (Å²) >= 11 is 24.3. The van der Waals surface area contributed by atoms with E-state index in [2.05, 4.69) is 31.1 Å². The smallest absolute Gasteiger partial charge is 0.259 e. The second-order valence-electron chi connectivity index (χ2n) is 12.6. The van der Waals surface area contributed by atoms with Crippen molar-refractivity contribution in [3.63, 3.8) is 0 Å². The van der Waals surface area contributed by atoms with Crippen molar-refractivity contribution in [3.05, 3.63) is 152 Å². The van der Waals surface area contributed by atoms with Crippen LogP contribution < -0.4 is 10.6 Å². The van der Waals surface area contributed by atoms with E-state index < -0.39 is 11.8 Å². The quantitative estimate of drug-likeness (QED) is 0.113. The number of phenols is 2. The number of nitrogens with one attached hydrogen (secondary N) is 2. The van der Waals surface area contributed by atoms with E-state index in [1.54, 1.807) is 98.8 Å². The number of amides is 2. The van der Waals surface area contributed by atoms with E-state index >= 15 is 0 Å². The van der Waals surface area contributed by atoms with Crippen molar-refractivity contribution in [3.8, 4) is 11.5 Å². The number of azo groups is 2. The Hall–Kier alpha value is -6.04. The van der Waals surface area contributed by atoms with Gasteiger partial charge in [-0.15, -0.1) is 10.2 Å². The van der Waals surface area contributed by atoms with E-state index in [1.165, 1.54) is 12.1 Å². The summed E-state index contributed by atoms with van der Waals surface area (Å²) in [5, 5.41) is 49.3. The molecule has 0 unspecified atom stereocenters. The van der Waals surface area contributed by atoms with Gasteiger partial charge in [-0.3, -0.25) is 9.59 Å². The molecule has 0 aliphatic heterocycles. The van der Waals surface area contributed by atoms with Crippen molar-refractivity contribution in [2.45, 2.75) is 13.8 Å². The Bertz CT molecular complexity index is 2620. The van der Waals surface area contributed by atoms with E-state index in [1.807, 2.05) is 12.1 Å². The zero-order chi connectivity index (χ0) is 39.7. The predicted octanol–water partition coefficient (Wildman–Crippen LogP) is 14.0. The maximum absolute atomic E-state index is 13.7. The first-order chi connectivity index (χ1) is 26.9. The number of phenolic OH excluding ortho intramolecular Hbond substituents is 2. The fourth-order valence-electron chi connectivity index (χ4n) is 5.96. The lowest BCUT2D eigenvalue weighted by Crippen LogP contribution is -2.16. The minimum Gasteiger partial charge on any atom is -0.505 e. The lowest BCUT2D eigenvalue weighted by molar-refractivity contribution is 0.101. The number of halogens is 4. The van der Waals surface area contributed by atoms with Gasteiger partial charge in [0.1, 0.15) is 11.4 Å². The maximum Gasteiger partial charge on any atom is 0.259 e. The Morgan fingerprint density at radius 1 is 0.500 bits per heavy atom. The zero-order valence-corrected chi connectivity index (χ0v) is 32.4. The number of rotatable bonds is 8. The predicted molar refractivity (Wildman–Crippen MR) is 224 cm³/mol. The van der Waals surface area contributed by atoms with Crippen molar-refractivity contribution >= 4 is 114 Å². The first-order valence-corrected chi connectivity index (χ1v) is 18.4. The van der Waals surface area contributed by atoms with Crippen molar-refractivity contribution in [2.75, 3.05) is 10.6 Å². The summed E-state index contributed by atoms with van der Waals surface area (Å²) in [7, 11) is 0. The molecule has 0 saturated carbocycles. The molecule has 14 heteroatoms. The molecule has 4 N–H and O–H groups in total. The van der Waals surface area contributed by atoms with Crippen LogP contribution in [0, 0.1) is 13.8 Å². The summed E-state index contributed by atoms with van der Waals surface area (Å²) in [4.78, 5) is 27.5. The third-order valence-corrected chi connectivity index (χ3v) is 10.6. The monoisotopic (exact) mass is 820 g/mol. The molecule has 0 aromatic heterocycles. The van der Waals surface area contributed by atoms with Gasteiger partial charge in [0.15, 0.2) is 11.5 Å². The largest absolute Gasteiger partial charge is 0.505 e. The van der Waals surface area contributed by atoms with Crippen LogP contribution in [0.15, 0.2) is 130 Å². The Morgan fingerprint density at radius 3 is 1.29 bits per heavy atom. The highest BCUT2D eigenvalue weighted by Gasteiger charge is 2.22. The molecular formula is C42H28Cl4N6O4. The zero-order valence-electron chi connectivity index (χ0n) is 29.4. The first-order valence-electron chi connectivity index (χ1n) is 16.9. The Morgan fingerprint density at radius 2 is 0.893 bits per heavy atom. The van der Waals surface area contributed by atoms with Crippen molar-refractivity contribution in [1.82, 2.24) is 0 Å². The summed E-state index contributed by atoms with van der Waals surface area (Å²) in [5.74, 6) is -1.92. The summed E-state index contributed by atoms with van der Waals surface area (Å²) in [6.07, 6.45) is 0. The number of carbonyl (C=O) groups is 2. The van der Waals surface area contributed by atoms with Crippen LogP contribution in [0.2, 0.25) is 20.1 Å². The maximum atomic E-state index is 13.7. The molecular weight excluding hydrogens is 794 g/mol. The van der Waals surface area contributed by atoms with Crippen molar-refractivity contribution < 1.29 is 19.8 Å². The molecule has 7 rings (SSSR count). The van der Waals surface area contributed by atoms with E-state index in [9.17, 15) is 19.8 Å². The minimum absolute atomic E-state index is 0.0277. The Kier molecular flexibility index (Phi) is 10.9. The van der Waals surface area contributed by atoms with Gasteiger partial charge in [-0.1, -0.05) is 94.9 Å².